The van der Waals surface area contributed by atoms with Crippen LogP contribution in [0.1, 0.15) is 11.1 Å². The van der Waals surface area contributed by atoms with Gasteiger partial charge in [-0.3, -0.25) is 0 Å². The van der Waals surface area contributed by atoms with Crippen LogP contribution in [0.5, 0.6) is 0 Å². The van der Waals surface area contributed by atoms with Crippen LogP contribution >= 0.6 is 15.9 Å². The van der Waals surface area contributed by atoms with E-state index in [-0.39, 0.29) is 0 Å². The molecule has 1 aromatic carbocycles. The van der Waals surface area contributed by atoms with Crippen molar-refractivity contribution < 1.29 is 4.43 Å². The van der Waals surface area contributed by atoms with Crippen LogP contribution in [-0.4, -0.2) is 8.32 Å². The fourth-order valence-corrected chi connectivity index (χ4v) is 2.97. The molecule has 1 aliphatic carbocycles. The number of hydrogen-bond acceptors (Lipinski definition) is 1. The van der Waals surface area contributed by atoms with Crippen LogP contribution in [0.15, 0.2) is 28.7 Å². The van der Waals surface area contributed by atoms with Crippen LogP contribution in [0, 0.1) is 0 Å². The van der Waals surface area contributed by atoms with Crippen molar-refractivity contribution in [1.82, 2.24) is 0 Å². The summed E-state index contributed by atoms with van der Waals surface area (Å²) in [4.78, 5) is 0. The average Bonchev–Trinajstić information content (AvgIpc) is 2.45. The minimum atomic E-state index is -1.48. The maximum Gasteiger partial charge on any atom is 0.242 e. The smallest absolute Gasteiger partial charge is 0.242 e. The molecule has 0 atom stereocenters. The second-order valence-corrected chi connectivity index (χ2v) is 10.1. The number of allylic oxidation sites excluding steroid dienone is 1. The normalized spacial score (nSPS) is 14.8. The van der Waals surface area contributed by atoms with E-state index in [1.54, 1.807) is 0 Å². The zero-order valence-electron chi connectivity index (χ0n) is 9.30. The first-order valence-electron chi connectivity index (χ1n) is 5.14. The van der Waals surface area contributed by atoms with E-state index < -0.39 is 8.32 Å². The number of halogens is 1. The molecule has 0 radical (unpaired) electrons. The third-order valence-electron chi connectivity index (χ3n) is 2.26. The summed E-state index contributed by atoms with van der Waals surface area (Å²) in [6, 6.07) is 6.39. The molecule has 0 fully saturated rings. The van der Waals surface area contributed by atoms with Gasteiger partial charge >= 0.3 is 0 Å². The summed E-state index contributed by atoms with van der Waals surface area (Å²) in [5.74, 6) is 1.08. The first kappa shape index (κ1) is 11.0. The Bertz CT molecular complexity index is 418. The fourth-order valence-electron chi connectivity index (χ4n) is 1.71. The highest BCUT2D eigenvalue weighted by Gasteiger charge is 2.22. The highest BCUT2D eigenvalue weighted by atomic mass is 79.9. The van der Waals surface area contributed by atoms with Gasteiger partial charge in [-0.25, -0.2) is 0 Å². The van der Waals surface area contributed by atoms with Crippen molar-refractivity contribution in [3.05, 3.63) is 39.9 Å². The first-order valence-corrected chi connectivity index (χ1v) is 9.34. The Labute approximate surface area is 100 Å². The molecular weight excluding hydrogens is 268 g/mol. The average molecular weight is 283 g/mol. The van der Waals surface area contributed by atoms with Gasteiger partial charge in [0, 0.05) is 10.0 Å². The Hall–Kier alpha value is -0.543. The minimum absolute atomic E-state index is 0.995. The number of fused-ring (bicyclic) bond motifs is 1. The van der Waals surface area contributed by atoms with Gasteiger partial charge in [-0.05, 0) is 55.9 Å². The Morgan fingerprint density at radius 3 is 2.67 bits per heavy atom. The molecule has 0 spiro atoms. The lowest BCUT2D eigenvalue weighted by molar-refractivity contribution is 0.516. The molecule has 2 rings (SSSR count). The largest absolute Gasteiger partial charge is 0.544 e. The molecule has 0 aliphatic heterocycles. The quantitative estimate of drug-likeness (QED) is 0.739. The lowest BCUT2D eigenvalue weighted by Crippen LogP contribution is -2.24. The van der Waals surface area contributed by atoms with Crippen molar-refractivity contribution in [1.29, 1.82) is 0 Å². The zero-order chi connectivity index (χ0) is 11.1. The fraction of sp³-hybridized carbons (Fsp3) is 0.333. The Kier molecular flexibility index (Phi) is 2.77. The summed E-state index contributed by atoms with van der Waals surface area (Å²) in [6.07, 6.45) is 3.18. The van der Waals surface area contributed by atoms with Crippen LogP contribution < -0.4 is 0 Å². The summed E-state index contributed by atoms with van der Waals surface area (Å²) in [6.45, 7) is 6.64. The number of hydrogen-bond donors (Lipinski definition) is 0. The van der Waals surface area contributed by atoms with Crippen molar-refractivity contribution in [3.63, 3.8) is 0 Å². The molecule has 0 heterocycles. The van der Waals surface area contributed by atoms with E-state index in [0.29, 0.717) is 0 Å². The Morgan fingerprint density at radius 1 is 1.27 bits per heavy atom. The maximum absolute atomic E-state index is 6.05. The van der Waals surface area contributed by atoms with Crippen LogP contribution in [0.4, 0.5) is 0 Å². The topological polar surface area (TPSA) is 9.23 Å². The minimum Gasteiger partial charge on any atom is -0.544 e. The molecule has 1 nitrogen and oxygen atoms in total. The molecule has 0 aromatic heterocycles. The summed E-state index contributed by atoms with van der Waals surface area (Å²) < 4.78 is 7.19. The molecule has 0 saturated carbocycles. The highest BCUT2D eigenvalue weighted by Crippen LogP contribution is 2.32. The van der Waals surface area contributed by atoms with Gasteiger partial charge in [0.05, 0.1) is 0 Å². The van der Waals surface area contributed by atoms with E-state index in [0.717, 1.165) is 16.7 Å². The van der Waals surface area contributed by atoms with Crippen molar-refractivity contribution in [2.45, 2.75) is 26.1 Å². The van der Waals surface area contributed by atoms with E-state index in [9.17, 15) is 0 Å². The second kappa shape index (κ2) is 3.80. The molecule has 0 bridgehead atoms. The predicted molar refractivity (Wildman–Crippen MR) is 70.3 cm³/mol. The summed E-state index contributed by atoms with van der Waals surface area (Å²) in [5, 5.41) is 0. The molecule has 0 N–H and O–H groups in total. The van der Waals surface area contributed by atoms with Gasteiger partial charge in [0.25, 0.3) is 0 Å². The Balaban J connectivity index is 2.28. The van der Waals surface area contributed by atoms with Gasteiger partial charge in [-0.2, -0.15) is 0 Å². The van der Waals surface area contributed by atoms with Gasteiger partial charge < -0.3 is 4.43 Å². The van der Waals surface area contributed by atoms with Gasteiger partial charge in [-0.15, -0.1) is 0 Å². The van der Waals surface area contributed by atoms with Gasteiger partial charge in [0.1, 0.15) is 5.76 Å². The number of benzene rings is 1. The maximum atomic E-state index is 6.05. The van der Waals surface area contributed by atoms with E-state index in [1.807, 2.05) is 0 Å². The molecule has 1 aliphatic rings. The van der Waals surface area contributed by atoms with Gasteiger partial charge in [-0.1, -0.05) is 15.9 Å². The molecule has 0 saturated heterocycles. The van der Waals surface area contributed by atoms with Crippen molar-refractivity contribution in [2.75, 3.05) is 0 Å². The van der Waals surface area contributed by atoms with E-state index >= 15 is 0 Å². The molecule has 80 valence electrons. The van der Waals surface area contributed by atoms with Crippen molar-refractivity contribution in [2.24, 2.45) is 0 Å². The Morgan fingerprint density at radius 2 is 2.00 bits per heavy atom. The third kappa shape index (κ3) is 2.52. The zero-order valence-corrected chi connectivity index (χ0v) is 11.9. The standard InChI is InChI=1S/C12H15BrOSi/c1-15(2,3)14-12-7-4-9-8-10(13)5-6-11(9)12/h5-8H,4H2,1-3H3. The van der Waals surface area contributed by atoms with Gasteiger partial charge in [0.2, 0.25) is 8.32 Å². The third-order valence-corrected chi connectivity index (χ3v) is 3.58. The SMILES string of the molecule is C[Si](C)(C)OC1=CCc2cc(Br)ccc21. The van der Waals surface area contributed by atoms with E-state index in [1.165, 1.54) is 11.1 Å². The molecule has 3 heteroatoms. The second-order valence-electron chi connectivity index (χ2n) is 4.79. The van der Waals surface area contributed by atoms with Crippen molar-refractivity contribution >= 4 is 30.0 Å². The van der Waals surface area contributed by atoms with Crippen molar-refractivity contribution in [3.8, 4) is 0 Å². The summed E-state index contributed by atoms with van der Waals surface area (Å²) in [7, 11) is -1.48. The van der Waals surface area contributed by atoms with Crippen LogP contribution in [0.25, 0.3) is 5.76 Å². The summed E-state index contributed by atoms with van der Waals surface area (Å²) >= 11 is 3.49. The summed E-state index contributed by atoms with van der Waals surface area (Å²) in [5.41, 5.74) is 2.62. The molecule has 15 heavy (non-hydrogen) atoms. The monoisotopic (exact) mass is 282 g/mol. The molecular formula is C12H15BrOSi. The molecule has 0 unspecified atom stereocenters. The number of rotatable bonds is 2. The predicted octanol–water partition coefficient (Wildman–Crippen LogP) is 4.20. The van der Waals surface area contributed by atoms with Crippen LogP contribution in [0.2, 0.25) is 19.6 Å². The van der Waals surface area contributed by atoms with Gasteiger partial charge in [0.15, 0.2) is 0 Å². The van der Waals surface area contributed by atoms with E-state index in [4.69, 9.17) is 4.43 Å². The van der Waals surface area contributed by atoms with Crippen LogP contribution in [0.3, 0.4) is 0 Å². The molecule has 0 amide bonds. The first-order chi connectivity index (χ1) is 6.96. The van der Waals surface area contributed by atoms with Crippen LogP contribution in [-0.2, 0) is 10.8 Å². The molecule has 1 aromatic rings. The lowest BCUT2D eigenvalue weighted by Gasteiger charge is -2.20. The highest BCUT2D eigenvalue weighted by molar-refractivity contribution is 9.10. The lowest BCUT2D eigenvalue weighted by atomic mass is 10.1. The van der Waals surface area contributed by atoms with E-state index in [2.05, 4.69) is 59.8 Å².